The van der Waals surface area contributed by atoms with Crippen molar-refractivity contribution in [3.63, 3.8) is 0 Å². The molecule has 3 heteroatoms. The summed E-state index contributed by atoms with van der Waals surface area (Å²) in [5, 5.41) is 0. The number of hydrogen-bond acceptors (Lipinski definition) is 1. The molecule has 1 fully saturated rings. The van der Waals surface area contributed by atoms with Crippen LogP contribution >= 0.6 is 0 Å². The van der Waals surface area contributed by atoms with Crippen molar-refractivity contribution < 1.29 is 9.69 Å². The van der Waals surface area contributed by atoms with E-state index in [1.54, 1.807) is 11.9 Å². The first-order chi connectivity index (χ1) is 3.70. The van der Waals surface area contributed by atoms with E-state index >= 15 is 0 Å². The highest BCUT2D eigenvalue weighted by molar-refractivity contribution is 5.78. The monoisotopic (exact) mass is 114 g/mol. The van der Waals surface area contributed by atoms with Crippen LogP contribution in [0.2, 0.25) is 0 Å². The molecule has 1 unspecified atom stereocenters. The smallest absolute Gasteiger partial charge is 0.250 e. The molecular weight excluding hydrogens is 104 g/mol. The summed E-state index contributed by atoms with van der Waals surface area (Å²) in [7, 11) is 3.74. The summed E-state index contributed by atoms with van der Waals surface area (Å²) in [6.07, 6.45) is 0. The van der Waals surface area contributed by atoms with Gasteiger partial charge in [-0.3, -0.25) is 4.79 Å². The van der Waals surface area contributed by atoms with Crippen LogP contribution in [0.1, 0.15) is 0 Å². The lowest BCUT2D eigenvalue weighted by Gasteiger charge is -2.16. The molecule has 1 aliphatic rings. The molecule has 0 saturated carbocycles. The standard InChI is InChI=1S/C5H10N2O/c1-6-3-5(8)7(2)4-6/h4,6H,3H2,1-2H3. The largest absolute Gasteiger partial charge is 0.444 e. The van der Waals surface area contributed by atoms with Gasteiger partial charge < -0.3 is 9.80 Å². The molecule has 0 aromatic carbocycles. The van der Waals surface area contributed by atoms with Crippen LogP contribution in [-0.4, -0.2) is 31.4 Å². The van der Waals surface area contributed by atoms with Crippen LogP contribution in [0.15, 0.2) is 0 Å². The molecule has 0 bridgehead atoms. The summed E-state index contributed by atoms with van der Waals surface area (Å²) in [4.78, 5) is 13.4. The van der Waals surface area contributed by atoms with Crippen molar-refractivity contribution >= 4 is 5.91 Å². The molecule has 0 spiro atoms. The maximum absolute atomic E-state index is 10.7. The molecule has 0 radical (unpaired) electrons. The summed E-state index contributed by atoms with van der Waals surface area (Å²) in [6, 6.07) is 0. The Kier molecular flexibility index (Phi) is 1.21. The van der Waals surface area contributed by atoms with E-state index in [1.165, 1.54) is 0 Å². The molecule has 1 amide bonds. The van der Waals surface area contributed by atoms with E-state index in [9.17, 15) is 4.79 Å². The zero-order valence-electron chi connectivity index (χ0n) is 5.14. The third-order valence-electron chi connectivity index (χ3n) is 1.24. The molecule has 0 aromatic rings. The summed E-state index contributed by atoms with van der Waals surface area (Å²) in [5.74, 6) is 0.197. The van der Waals surface area contributed by atoms with Gasteiger partial charge in [-0.1, -0.05) is 0 Å². The van der Waals surface area contributed by atoms with E-state index in [4.69, 9.17) is 0 Å². The van der Waals surface area contributed by atoms with Gasteiger partial charge in [0.1, 0.15) is 6.54 Å². The Hall–Kier alpha value is -0.570. The van der Waals surface area contributed by atoms with Gasteiger partial charge in [-0.05, 0) is 13.7 Å². The fourth-order valence-electron chi connectivity index (χ4n) is 0.811. The molecule has 1 atom stereocenters. The average Bonchev–Trinajstić information content (AvgIpc) is 1.85. The third kappa shape index (κ3) is 0.816. The fraction of sp³-hybridized carbons (Fsp3) is 0.600. The molecule has 3 nitrogen and oxygen atoms in total. The van der Waals surface area contributed by atoms with Gasteiger partial charge in [0.15, 0.2) is 0 Å². The van der Waals surface area contributed by atoms with Gasteiger partial charge in [0.2, 0.25) is 0 Å². The lowest BCUT2D eigenvalue weighted by Crippen LogP contribution is -3.04. The zero-order chi connectivity index (χ0) is 6.15. The molecule has 8 heavy (non-hydrogen) atoms. The highest BCUT2D eigenvalue weighted by Crippen LogP contribution is 1.85. The molecule has 1 aliphatic heterocycles. The second kappa shape index (κ2) is 1.74. The lowest BCUT2D eigenvalue weighted by molar-refractivity contribution is -0.836. The topological polar surface area (TPSA) is 24.8 Å². The van der Waals surface area contributed by atoms with Crippen molar-refractivity contribution in [3.05, 3.63) is 6.67 Å². The molecular formula is C5H10N2O. The van der Waals surface area contributed by atoms with Crippen LogP contribution in [-0.2, 0) is 4.79 Å². The van der Waals surface area contributed by atoms with Gasteiger partial charge >= 0.3 is 0 Å². The second-order valence-electron chi connectivity index (χ2n) is 2.16. The van der Waals surface area contributed by atoms with Crippen molar-refractivity contribution in [3.8, 4) is 0 Å². The fourth-order valence-corrected chi connectivity index (χ4v) is 0.811. The number of nitrogens with zero attached hydrogens (tertiary/aromatic N) is 1. The van der Waals surface area contributed by atoms with Crippen molar-refractivity contribution in [2.75, 3.05) is 20.6 Å². The number of likely N-dealkylation sites (N-methyl/N-ethyl adjacent to an activating group) is 2. The Labute approximate surface area is 48.9 Å². The number of carbonyl (C=O) groups excluding carboxylic acids is 1. The molecule has 0 aliphatic carbocycles. The summed E-state index contributed by atoms with van der Waals surface area (Å²) in [6.45, 7) is 2.47. The van der Waals surface area contributed by atoms with Crippen molar-refractivity contribution in [2.45, 2.75) is 0 Å². The molecule has 0 aromatic heterocycles. The van der Waals surface area contributed by atoms with Gasteiger partial charge in [0, 0.05) is 7.05 Å². The van der Waals surface area contributed by atoms with Gasteiger partial charge in [-0.15, -0.1) is 0 Å². The highest BCUT2D eigenvalue weighted by Gasteiger charge is 2.14. The van der Waals surface area contributed by atoms with Crippen molar-refractivity contribution in [2.24, 2.45) is 0 Å². The second-order valence-corrected chi connectivity index (χ2v) is 2.16. The number of hydrogen-bond donors (Lipinski definition) is 1. The third-order valence-corrected chi connectivity index (χ3v) is 1.24. The van der Waals surface area contributed by atoms with Gasteiger partial charge in [0.05, 0.1) is 0 Å². The van der Waals surface area contributed by atoms with Gasteiger partial charge in [-0.25, -0.2) is 0 Å². The average molecular weight is 114 g/mol. The van der Waals surface area contributed by atoms with Crippen LogP contribution in [0.3, 0.4) is 0 Å². The summed E-state index contributed by atoms with van der Waals surface area (Å²) >= 11 is 0. The predicted molar refractivity (Wildman–Crippen MR) is 28.8 cm³/mol. The van der Waals surface area contributed by atoms with E-state index < -0.39 is 0 Å². The minimum absolute atomic E-state index is 0.197. The van der Waals surface area contributed by atoms with E-state index in [0.29, 0.717) is 6.54 Å². The molecule has 1 heterocycles. The molecule has 46 valence electrons. The lowest BCUT2D eigenvalue weighted by atomic mass is 10.6. The minimum atomic E-state index is 0.197. The van der Waals surface area contributed by atoms with Crippen LogP contribution in [0.25, 0.3) is 0 Å². The SMILES string of the molecule is CN1[CH-][NH+](C)CC1=O. The zero-order valence-corrected chi connectivity index (χ0v) is 5.14. The van der Waals surface area contributed by atoms with E-state index in [0.717, 1.165) is 4.90 Å². The Morgan fingerprint density at radius 2 is 2.50 bits per heavy atom. The Bertz CT molecular complexity index is 113. The van der Waals surface area contributed by atoms with Crippen LogP contribution < -0.4 is 4.90 Å². The number of carbonyl (C=O) groups is 1. The van der Waals surface area contributed by atoms with Crippen LogP contribution in [0.4, 0.5) is 0 Å². The first-order valence-corrected chi connectivity index (χ1v) is 2.63. The number of nitrogens with one attached hydrogen (secondary N) is 1. The van der Waals surface area contributed by atoms with Gasteiger partial charge in [0.25, 0.3) is 5.91 Å². The molecule has 1 rings (SSSR count). The number of rotatable bonds is 0. The first-order valence-electron chi connectivity index (χ1n) is 2.63. The normalized spacial score (nSPS) is 29.5. The number of quaternary nitrogens is 1. The molecule has 1 saturated heterocycles. The quantitative estimate of drug-likeness (QED) is 0.365. The summed E-state index contributed by atoms with van der Waals surface area (Å²) in [5.41, 5.74) is 0. The van der Waals surface area contributed by atoms with Crippen LogP contribution in [0, 0.1) is 6.67 Å². The predicted octanol–water partition coefficient (Wildman–Crippen LogP) is -1.91. The maximum atomic E-state index is 10.7. The minimum Gasteiger partial charge on any atom is -0.444 e. The highest BCUT2D eigenvalue weighted by atomic mass is 16.2. The van der Waals surface area contributed by atoms with Crippen molar-refractivity contribution in [1.29, 1.82) is 0 Å². The summed E-state index contributed by atoms with van der Waals surface area (Å²) < 4.78 is 0. The number of amides is 1. The van der Waals surface area contributed by atoms with Gasteiger partial charge in [-0.2, -0.15) is 0 Å². The Morgan fingerprint density at radius 1 is 1.88 bits per heavy atom. The molecule has 1 N–H and O–H groups in total. The van der Waals surface area contributed by atoms with E-state index in [-0.39, 0.29) is 5.91 Å². The maximum Gasteiger partial charge on any atom is 0.250 e. The Balaban J connectivity index is 2.51. The Morgan fingerprint density at radius 3 is 2.62 bits per heavy atom. The first kappa shape index (κ1) is 5.56. The van der Waals surface area contributed by atoms with Crippen molar-refractivity contribution in [1.82, 2.24) is 4.90 Å². The van der Waals surface area contributed by atoms with Crippen LogP contribution in [0.5, 0.6) is 0 Å². The van der Waals surface area contributed by atoms with E-state index in [2.05, 4.69) is 0 Å². The van der Waals surface area contributed by atoms with E-state index in [1.807, 2.05) is 13.7 Å².